The number of carbonyl (C=O) groups excluding carboxylic acids is 1. The quantitative estimate of drug-likeness (QED) is 0.136. The van der Waals surface area contributed by atoms with Gasteiger partial charge in [-0.2, -0.15) is 0 Å². The Morgan fingerprint density at radius 1 is 0.970 bits per heavy atom. The van der Waals surface area contributed by atoms with Crippen molar-refractivity contribution in [2.45, 2.75) is 91.0 Å². The average Bonchev–Trinajstić information content (AvgIpc) is 2.54. The lowest BCUT2D eigenvalue weighted by atomic mass is 10.3. The van der Waals surface area contributed by atoms with Crippen LogP contribution in [0.5, 0.6) is 0 Å². The largest absolute Gasteiger partial charge is 0.460 e. The molecule has 1 atom stereocenters. The van der Waals surface area contributed by atoms with E-state index in [9.17, 15) is 14.7 Å². The van der Waals surface area contributed by atoms with E-state index in [2.05, 4.69) is 32.8 Å². The highest BCUT2D eigenvalue weighted by Gasteiger charge is 2.40. The zero-order chi connectivity index (χ0) is 26.5. The van der Waals surface area contributed by atoms with Gasteiger partial charge in [0.15, 0.2) is 9.04 Å². The lowest BCUT2D eigenvalue weighted by Gasteiger charge is -2.36. The predicted molar refractivity (Wildman–Crippen MR) is 148 cm³/mol. The third-order valence-electron chi connectivity index (χ3n) is 3.64. The zero-order valence-electron chi connectivity index (χ0n) is 22.8. The van der Waals surface area contributed by atoms with Crippen molar-refractivity contribution in [2.24, 2.45) is 0 Å². The first kappa shape index (κ1) is 35.2. The third-order valence-corrected chi connectivity index (χ3v) is 17.3. The van der Waals surface area contributed by atoms with Crippen molar-refractivity contribution in [3.05, 3.63) is 12.2 Å². The van der Waals surface area contributed by atoms with Crippen molar-refractivity contribution in [1.29, 1.82) is 0 Å². The highest BCUT2D eigenvalue weighted by Crippen LogP contribution is 2.20. The van der Waals surface area contributed by atoms with Gasteiger partial charge in [-0.3, -0.25) is 0 Å². The van der Waals surface area contributed by atoms with E-state index in [0.717, 1.165) is 6.42 Å². The molecule has 0 saturated carbocycles. The van der Waals surface area contributed by atoms with E-state index in [1.807, 2.05) is 26.2 Å². The molecule has 0 heterocycles. The molecule has 13 heteroatoms. The van der Waals surface area contributed by atoms with Crippen molar-refractivity contribution >= 4 is 49.5 Å². The average molecular weight is 559 g/mol. The Bertz CT molecular complexity index is 565. The molecule has 198 valence electrons. The van der Waals surface area contributed by atoms with E-state index in [1.165, 1.54) is 6.04 Å². The van der Waals surface area contributed by atoms with Gasteiger partial charge in [-0.05, 0) is 65.7 Å². The summed E-state index contributed by atoms with van der Waals surface area (Å²) in [7, 11) is -8.46. The number of ether oxygens (including phenoxy) is 2. The lowest BCUT2D eigenvalue weighted by Crippen LogP contribution is -2.54. The van der Waals surface area contributed by atoms with Crippen LogP contribution in [-0.2, 0) is 26.6 Å². The molecular weight excluding hydrogens is 509 g/mol. The molecule has 0 rings (SSSR count). The molecule has 0 fully saturated rings. The monoisotopic (exact) mass is 558 g/mol. The second-order valence-electron chi connectivity index (χ2n) is 10.3. The van der Waals surface area contributed by atoms with E-state index < -0.39 is 55.6 Å². The fraction of sp³-hybridized carbons (Fsp3) is 0.850. The number of hydrogen-bond acceptors (Lipinski definition) is 8. The van der Waals surface area contributed by atoms with Gasteiger partial charge >= 0.3 is 31.7 Å². The van der Waals surface area contributed by atoms with Gasteiger partial charge in [-0.25, -0.2) is 4.79 Å². The predicted octanol–water partition coefficient (Wildman–Crippen LogP) is 3.48. The topological polar surface area (TPSA) is 104 Å². The van der Waals surface area contributed by atoms with Gasteiger partial charge in [0.05, 0.1) is 6.61 Å². The lowest BCUT2D eigenvalue weighted by molar-refractivity contribution is -0.143. The van der Waals surface area contributed by atoms with Crippen LogP contribution >= 0.6 is 0 Å². The number of aliphatic hydroxyl groups is 1. The highest BCUT2D eigenvalue weighted by molar-refractivity contribution is 6.85. The molecule has 0 aromatic carbocycles. The second kappa shape index (κ2) is 16.7. The maximum Gasteiger partial charge on any atom is 0.333 e. The van der Waals surface area contributed by atoms with E-state index in [4.69, 9.17) is 21.8 Å². The van der Waals surface area contributed by atoms with Gasteiger partial charge in [0, 0.05) is 21.0 Å². The van der Waals surface area contributed by atoms with Gasteiger partial charge < -0.3 is 31.7 Å². The van der Waals surface area contributed by atoms with Crippen molar-refractivity contribution < 1.29 is 36.5 Å². The summed E-state index contributed by atoms with van der Waals surface area (Å²) in [6.07, 6.45) is 0.289. The van der Waals surface area contributed by atoms with Crippen LogP contribution in [0.25, 0.3) is 0 Å². The molecule has 1 unspecified atom stereocenters. The van der Waals surface area contributed by atoms with E-state index in [1.54, 1.807) is 20.0 Å². The van der Waals surface area contributed by atoms with Crippen LogP contribution in [0.3, 0.4) is 0 Å². The number of esters is 1. The first-order valence-electron chi connectivity index (χ1n) is 11.7. The van der Waals surface area contributed by atoms with Crippen LogP contribution in [-0.4, -0.2) is 85.3 Å². The van der Waals surface area contributed by atoms with Gasteiger partial charge in [-0.1, -0.05) is 25.7 Å². The smallest absolute Gasteiger partial charge is 0.333 e. The van der Waals surface area contributed by atoms with Crippen LogP contribution in [0.2, 0.25) is 71.5 Å². The van der Waals surface area contributed by atoms with Gasteiger partial charge in [-0.15, -0.1) is 0 Å². The van der Waals surface area contributed by atoms with Crippen molar-refractivity contribution in [1.82, 2.24) is 0 Å². The molecule has 8 nitrogen and oxygen atoms in total. The first-order chi connectivity index (χ1) is 14.8. The normalized spacial score (nSPS) is 13.5. The summed E-state index contributed by atoms with van der Waals surface area (Å²) in [6, 6.07) is 1.25. The molecule has 0 saturated heterocycles. The molecule has 0 aliphatic rings. The fourth-order valence-electron chi connectivity index (χ4n) is 2.96. The van der Waals surface area contributed by atoms with Crippen LogP contribution in [0.15, 0.2) is 12.2 Å². The van der Waals surface area contributed by atoms with Gasteiger partial charge in [0.25, 0.3) is 0 Å². The molecule has 0 bridgehead atoms. The standard InChI is InChI=1S/C12H24O4Si.C8H26O4Si4/c1-10(2)12(14)16-9-11(13)8-15-6-5-7-17(3)4;1-13(2)10-15(5,6)12-16(7,8)11-14(3,4)9/h11,13,17H,1,5-9H2,2-4H3;9,13H,1-8H3. The number of aliphatic hydroxyl groups excluding tert-OH is 1. The van der Waals surface area contributed by atoms with Crippen molar-refractivity contribution in [3.63, 3.8) is 0 Å². The van der Waals surface area contributed by atoms with E-state index >= 15 is 0 Å². The minimum Gasteiger partial charge on any atom is -0.460 e. The number of hydrogen-bond donors (Lipinski definition) is 2. The summed E-state index contributed by atoms with van der Waals surface area (Å²) in [6.45, 7) is 26.3. The van der Waals surface area contributed by atoms with Crippen molar-refractivity contribution in [2.75, 3.05) is 19.8 Å². The Kier molecular flexibility index (Phi) is 17.8. The maximum absolute atomic E-state index is 11.0. The second-order valence-corrected chi connectivity index (χ2v) is 26.8. The van der Waals surface area contributed by atoms with Crippen molar-refractivity contribution in [3.8, 4) is 0 Å². The summed E-state index contributed by atoms with van der Waals surface area (Å²) in [5.41, 5.74) is 0.333. The molecule has 0 aliphatic heterocycles. The molecule has 0 aromatic heterocycles. The van der Waals surface area contributed by atoms with Crippen LogP contribution < -0.4 is 0 Å². The zero-order valence-corrected chi connectivity index (χ0v) is 28.1. The van der Waals surface area contributed by atoms with Crippen LogP contribution in [0.1, 0.15) is 13.3 Å². The van der Waals surface area contributed by atoms with E-state index in [-0.39, 0.29) is 13.2 Å². The Labute approximate surface area is 208 Å². The maximum atomic E-state index is 11.0. The molecule has 0 aromatic rings. The molecule has 0 amide bonds. The number of carbonyl (C=O) groups is 1. The Morgan fingerprint density at radius 3 is 1.94 bits per heavy atom. The third kappa shape index (κ3) is 25.0. The summed E-state index contributed by atoms with van der Waals surface area (Å²) in [5.74, 6) is -0.477. The molecular formula is C20H50O8Si5. The van der Waals surface area contributed by atoms with Crippen LogP contribution in [0, 0.1) is 0 Å². The summed E-state index contributed by atoms with van der Waals surface area (Å²) in [5, 5.41) is 9.47. The Hall–Kier alpha value is 0.0544. The minimum absolute atomic E-state index is 0.0371. The molecule has 0 radical (unpaired) electrons. The fourth-order valence-corrected chi connectivity index (χ4v) is 19.2. The first-order valence-corrected chi connectivity index (χ1v) is 26.0. The molecule has 2 N–H and O–H groups in total. The molecule has 0 aliphatic carbocycles. The Balaban J connectivity index is 0. The van der Waals surface area contributed by atoms with E-state index in [0.29, 0.717) is 12.2 Å². The summed E-state index contributed by atoms with van der Waals surface area (Å²) in [4.78, 5) is 20.8. The van der Waals surface area contributed by atoms with Gasteiger partial charge in [0.2, 0.25) is 0 Å². The summed E-state index contributed by atoms with van der Waals surface area (Å²) < 4.78 is 27.8. The van der Waals surface area contributed by atoms with Crippen LogP contribution in [0.4, 0.5) is 0 Å². The Morgan fingerprint density at radius 2 is 1.52 bits per heavy atom. The van der Waals surface area contributed by atoms with Gasteiger partial charge in [0.1, 0.15) is 12.7 Å². The molecule has 0 spiro atoms. The SMILES string of the molecule is C=C(C)C(=O)OCC(O)COCCC[SiH](C)C.C[SiH](C)O[Si](C)(C)O[Si](C)(C)O[Si](C)(C)O. The summed E-state index contributed by atoms with van der Waals surface area (Å²) >= 11 is 0. The number of rotatable bonds is 15. The molecule has 33 heavy (non-hydrogen) atoms. The highest BCUT2D eigenvalue weighted by atomic mass is 28.5. The minimum atomic E-state index is -2.52.